The van der Waals surface area contributed by atoms with E-state index in [4.69, 9.17) is 5.73 Å². The third-order valence-electron chi connectivity index (χ3n) is 3.85. The summed E-state index contributed by atoms with van der Waals surface area (Å²) >= 11 is 0. The first-order valence-electron chi connectivity index (χ1n) is 8.63. The number of amides is 3. The molecule has 1 aromatic carbocycles. The molecule has 27 heavy (non-hydrogen) atoms. The molecule has 8 heteroatoms. The van der Waals surface area contributed by atoms with E-state index in [0.717, 1.165) is 0 Å². The molecule has 7 nitrogen and oxygen atoms in total. The zero-order valence-corrected chi connectivity index (χ0v) is 16.2. The summed E-state index contributed by atoms with van der Waals surface area (Å²) in [5.41, 5.74) is 4.65. The SMILES string of the molecule is CN(C)CCC/C(=N\C(=O)Cc1ccc(F)cc1)C(=O)NC(C)(C)C(N)=O. The molecular formula is C19H27FN4O3. The van der Waals surface area contributed by atoms with E-state index in [2.05, 4.69) is 10.3 Å². The van der Waals surface area contributed by atoms with Crippen molar-refractivity contribution in [1.82, 2.24) is 10.2 Å². The molecule has 3 N–H and O–H groups in total. The van der Waals surface area contributed by atoms with Crippen LogP contribution >= 0.6 is 0 Å². The van der Waals surface area contributed by atoms with Gasteiger partial charge in [-0.25, -0.2) is 9.38 Å². The summed E-state index contributed by atoms with van der Waals surface area (Å²) in [5.74, 6) is -2.22. The van der Waals surface area contributed by atoms with E-state index >= 15 is 0 Å². The van der Waals surface area contributed by atoms with Crippen LogP contribution in [0.2, 0.25) is 0 Å². The van der Waals surface area contributed by atoms with Crippen molar-refractivity contribution in [2.45, 2.75) is 38.6 Å². The molecule has 0 aliphatic carbocycles. The first kappa shape index (κ1) is 22.4. The van der Waals surface area contributed by atoms with Gasteiger partial charge in [0.2, 0.25) is 5.91 Å². The lowest BCUT2D eigenvalue weighted by Gasteiger charge is -2.22. The van der Waals surface area contributed by atoms with Gasteiger partial charge in [-0.1, -0.05) is 12.1 Å². The Bertz CT molecular complexity index is 712. The topological polar surface area (TPSA) is 105 Å². The minimum Gasteiger partial charge on any atom is -0.368 e. The second kappa shape index (κ2) is 9.91. The molecule has 0 atom stereocenters. The van der Waals surface area contributed by atoms with E-state index in [0.29, 0.717) is 18.5 Å². The lowest BCUT2D eigenvalue weighted by atomic mass is 10.0. The molecule has 0 unspecified atom stereocenters. The van der Waals surface area contributed by atoms with Gasteiger partial charge in [-0.05, 0) is 65.0 Å². The van der Waals surface area contributed by atoms with Crippen LogP contribution in [-0.2, 0) is 20.8 Å². The lowest BCUT2D eigenvalue weighted by Crippen LogP contribution is -2.54. The Morgan fingerprint density at radius 3 is 2.30 bits per heavy atom. The van der Waals surface area contributed by atoms with Crippen LogP contribution in [0.4, 0.5) is 4.39 Å². The number of aliphatic imine (C=N–C) groups is 1. The van der Waals surface area contributed by atoms with Gasteiger partial charge in [0, 0.05) is 0 Å². The molecule has 0 radical (unpaired) electrons. The second-order valence-electron chi connectivity index (χ2n) is 7.11. The normalized spacial score (nSPS) is 12.1. The van der Waals surface area contributed by atoms with Gasteiger partial charge in [0.15, 0.2) is 0 Å². The highest BCUT2D eigenvalue weighted by atomic mass is 19.1. The molecule has 3 amide bonds. The summed E-state index contributed by atoms with van der Waals surface area (Å²) in [5, 5.41) is 2.51. The summed E-state index contributed by atoms with van der Waals surface area (Å²) < 4.78 is 13.0. The molecule has 0 aliphatic heterocycles. The quantitative estimate of drug-likeness (QED) is 0.627. The number of carbonyl (C=O) groups is 3. The number of nitrogens with two attached hydrogens (primary N) is 1. The van der Waals surface area contributed by atoms with Crippen LogP contribution in [0, 0.1) is 5.82 Å². The van der Waals surface area contributed by atoms with Crippen molar-refractivity contribution in [2.24, 2.45) is 10.7 Å². The molecule has 0 saturated heterocycles. The van der Waals surface area contributed by atoms with Gasteiger partial charge in [-0.3, -0.25) is 14.4 Å². The fourth-order valence-corrected chi connectivity index (χ4v) is 2.17. The van der Waals surface area contributed by atoms with Crippen LogP contribution in [0.5, 0.6) is 0 Å². The Morgan fingerprint density at radius 1 is 1.19 bits per heavy atom. The van der Waals surface area contributed by atoms with E-state index in [1.807, 2.05) is 19.0 Å². The van der Waals surface area contributed by atoms with E-state index in [-0.39, 0.29) is 18.6 Å². The average molecular weight is 378 g/mol. The third-order valence-corrected chi connectivity index (χ3v) is 3.85. The van der Waals surface area contributed by atoms with Crippen LogP contribution in [0.3, 0.4) is 0 Å². The Kier molecular flexibility index (Phi) is 8.24. The molecule has 0 spiro atoms. The molecular weight excluding hydrogens is 351 g/mol. The van der Waals surface area contributed by atoms with Gasteiger partial charge in [-0.15, -0.1) is 0 Å². The van der Waals surface area contributed by atoms with Crippen molar-refractivity contribution < 1.29 is 18.8 Å². The number of nitrogens with zero attached hydrogens (tertiary/aromatic N) is 2. The predicted octanol–water partition coefficient (Wildman–Crippen LogP) is 1.06. The van der Waals surface area contributed by atoms with Crippen molar-refractivity contribution in [1.29, 1.82) is 0 Å². The Morgan fingerprint density at radius 2 is 1.78 bits per heavy atom. The van der Waals surface area contributed by atoms with Crippen LogP contribution in [0.25, 0.3) is 0 Å². The average Bonchev–Trinajstić information content (AvgIpc) is 2.55. The van der Waals surface area contributed by atoms with Gasteiger partial charge in [0.1, 0.15) is 17.1 Å². The zero-order chi connectivity index (χ0) is 20.6. The number of primary amides is 1. The molecule has 0 aliphatic rings. The molecule has 1 rings (SSSR count). The fraction of sp³-hybridized carbons (Fsp3) is 0.474. The molecule has 1 aromatic rings. The smallest absolute Gasteiger partial charge is 0.266 e. The number of hydrogen-bond acceptors (Lipinski definition) is 4. The van der Waals surface area contributed by atoms with Crippen molar-refractivity contribution in [3.8, 4) is 0 Å². The summed E-state index contributed by atoms with van der Waals surface area (Å²) in [6, 6.07) is 5.49. The Labute approximate surface area is 158 Å². The standard InChI is InChI=1S/C19H27FN4O3/c1-19(2,18(21)27)23-17(26)15(6-5-11-24(3)4)22-16(25)12-13-7-9-14(20)10-8-13/h7-10H,5-6,11-12H2,1-4H3,(H2,21,27)(H,23,26)/b22-15+. The van der Waals surface area contributed by atoms with Gasteiger partial charge in [0.25, 0.3) is 11.8 Å². The van der Waals surface area contributed by atoms with Crippen molar-refractivity contribution in [3.63, 3.8) is 0 Å². The van der Waals surface area contributed by atoms with E-state index in [1.54, 1.807) is 0 Å². The fourth-order valence-electron chi connectivity index (χ4n) is 2.17. The second-order valence-corrected chi connectivity index (χ2v) is 7.11. The monoisotopic (exact) mass is 378 g/mol. The van der Waals surface area contributed by atoms with Crippen LogP contribution in [-0.4, -0.2) is 54.5 Å². The van der Waals surface area contributed by atoms with E-state index in [9.17, 15) is 18.8 Å². The number of rotatable bonds is 9. The van der Waals surface area contributed by atoms with Gasteiger partial charge < -0.3 is 16.0 Å². The summed E-state index contributed by atoms with van der Waals surface area (Å²) in [4.78, 5) is 42.1. The molecule has 0 heterocycles. The van der Waals surface area contributed by atoms with Crippen molar-refractivity contribution >= 4 is 23.4 Å². The maximum absolute atomic E-state index is 13.0. The van der Waals surface area contributed by atoms with Crippen LogP contribution in [0.15, 0.2) is 29.3 Å². The largest absolute Gasteiger partial charge is 0.368 e. The maximum Gasteiger partial charge on any atom is 0.266 e. The predicted molar refractivity (Wildman–Crippen MR) is 102 cm³/mol. The van der Waals surface area contributed by atoms with Gasteiger partial charge >= 0.3 is 0 Å². The van der Waals surface area contributed by atoms with Crippen molar-refractivity contribution in [2.75, 3.05) is 20.6 Å². The molecule has 148 valence electrons. The third kappa shape index (κ3) is 8.08. The van der Waals surface area contributed by atoms with Crippen LogP contribution in [0.1, 0.15) is 32.3 Å². The number of nitrogens with one attached hydrogen (secondary N) is 1. The van der Waals surface area contributed by atoms with Crippen LogP contribution < -0.4 is 11.1 Å². The minimum atomic E-state index is -1.26. The summed E-state index contributed by atoms with van der Waals surface area (Å²) in [6.45, 7) is 3.66. The number of halogens is 1. The molecule has 0 bridgehead atoms. The zero-order valence-electron chi connectivity index (χ0n) is 16.2. The molecule has 0 saturated carbocycles. The maximum atomic E-state index is 13.0. The minimum absolute atomic E-state index is 0.0401. The summed E-state index contributed by atoms with van der Waals surface area (Å²) in [7, 11) is 3.79. The van der Waals surface area contributed by atoms with Gasteiger partial charge in [-0.2, -0.15) is 0 Å². The van der Waals surface area contributed by atoms with E-state index in [1.165, 1.54) is 38.1 Å². The van der Waals surface area contributed by atoms with Crippen molar-refractivity contribution in [3.05, 3.63) is 35.6 Å². The first-order chi connectivity index (χ1) is 12.5. The lowest BCUT2D eigenvalue weighted by molar-refractivity contribution is -0.127. The highest BCUT2D eigenvalue weighted by Crippen LogP contribution is 2.07. The number of carbonyl (C=O) groups excluding carboxylic acids is 3. The van der Waals surface area contributed by atoms with Gasteiger partial charge in [0.05, 0.1) is 6.42 Å². The Balaban J connectivity index is 2.92. The Hall–Kier alpha value is -2.61. The molecule has 0 aromatic heterocycles. The highest BCUT2D eigenvalue weighted by Gasteiger charge is 2.28. The first-order valence-corrected chi connectivity index (χ1v) is 8.63. The highest BCUT2D eigenvalue weighted by molar-refractivity contribution is 6.40. The number of benzene rings is 1. The van der Waals surface area contributed by atoms with E-state index < -0.39 is 29.1 Å². The number of hydrogen-bond donors (Lipinski definition) is 2. The summed E-state index contributed by atoms with van der Waals surface area (Å²) in [6.07, 6.45) is 0.831. The molecule has 0 fully saturated rings.